The zero-order valence-electron chi connectivity index (χ0n) is 3.50. The molecule has 8 heteroatoms. The van der Waals surface area contributed by atoms with E-state index in [9.17, 15) is 0 Å². The quantitative estimate of drug-likeness (QED) is 0.279. The van der Waals surface area contributed by atoms with E-state index < -0.39 is 18.1 Å². The zero-order valence-corrected chi connectivity index (χ0v) is 13.0. The van der Waals surface area contributed by atoms with Crippen molar-refractivity contribution >= 4 is 65.0 Å². The van der Waals surface area contributed by atoms with Crippen molar-refractivity contribution in [2.75, 3.05) is 0 Å². The molecule has 0 aliphatic carbocycles. The minimum Gasteiger partial charge on any atom is 0 e. The van der Waals surface area contributed by atoms with Gasteiger partial charge >= 0.3 is 97.9 Å². The summed E-state index contributed by atoms with van der Waals surface area (Å²) >= 11 is -5.00. The van der Waals surface area contributed by atoms with Crippen molar-refractivity contribution in [2.24, 2.45) is 0 Å². The van der Waals surface area contributed by atoms with E-state index >= 15 is 0 Å². The van der Waals surface area contributed by atoms with E-state index in [1.807, 2.05) is 0 Å². The Morgan fingerprint density at radius 2 is 0.875 bits per heavy atom. The molecule has 0 saturated heterocycles. The predicted molar refractivity (Wildman–Crippen MR) is 26.0 cm³/mol. The first-order chi connectivity index (χ1) is 2.00. The standard InChI is InChI=1S/Ca.4H2O.Pb.Ti.Zr.4H/h;4*1H2;;;;;;;/q;;;;;;+4;;;;;/p-4. The molecule has 0 heterocycles. The minimum atomic E-state index is -5.00. The van der Waals surface area contributed by atoms with Crippen molar-refractivity contribution < 1.29 is 59.1 Å². The molecule has 2 radical (unpaired) electrons. The van der Waals surface area contributed by atoms with E-state index in [4.69, 9.17) is 14.8 Å². The molecular weight excluding hydrogens is 450 g/mol. The van der Waals surface area contributed by atoms with E-state index in [1.165, 1.54) is 0 Å². The summed E-state index contributed by atoms with van der Waals surface area (Å²) in [7, 11) is 0. The Morgan fingerprint density at radius 3 is 0.875 bits per heavy atom. The van der Waals surface area contributed by atoms with Gasteiger partial charge in [0.05, 0.1) is 0 Å². The molecule has 0 aliphatic rings. The van der Waals surface area contributed by atoms with Gasteiger partial charge in [0.1, 0.15) is 0 Å². The van der Waals surface area contributed by atoms with Crippen LogP contribution in [0, 0.1) is 0 Å². The van der Waals surface area contributed by atoms with Crippen LogP contribution in [0.3, 0.4) is 0 Å². The Labute approximate surface area is 121 Å². The molecule has 4 nitrogen and oxygen atoms in total. The van der Waals surface area contributed by atoms with Crippen LogP contribution in [0.25, 0.3) is 0 Å². The second-order valence-corrected chi connectivity index (χ2v) is 2.47. The van der Waals surface area contributed by atoms with E-state index in [0.29, 0.717) is 0 Å². The van der Waals surface area contributed by atoms with Gasteiger partial charge in [0, 0.05) is 26.2 Å². The minimum absolute atomic E-state index is 0. The topological polar surface area (TPSA) is 80.9 Å². The van der Waals surface area contributed by atoms with Gasteiger partial charge in [-0.1, -0.05) is 0 Å². The van der Waals surface area contributed by atoms with Gasteiger partial charge in [-0.05, 0) is 0 Å². The van der Waals surface area contributed by atoms with Crippen LogP contribution in [-0.4, -0.2) is 79.8 Å². The molecule has 0 fully saturated rings. The van der Waals surface area contributed by atoms with Crippen molar-refractivity contribution in [1.82, 2.24) is 0 Å². The van der Waals surface area contributed by atoms with Crippen LogP contribution in [0.2, 0.25) is 0 Å². The van der Waals surface area contributed by atoms with E-state index in [-0.39, 0.29) is 91.2 Å². The molecule has 0 aromatic heterocycles. The fraction of sp³-hybridized carbons (Fsp3) is 0. The maximum absolute atomic E-state index is 7.38. The first kappa shape index (κ1) is 22.6. The SMILES string of the molecule is [CaH2].[OH][Ti]([OH])([OH])[OH].[PbH2].[Zr]. The van der Waals surface area contributed by atoms with Crippen LogP contribution in [-0.2, 0) is 44.3 Å². The second kappa shape index (κ2) is 10.6. The maximum Gasteiger partial charge on any atom is 0 e. The Morgan fingerprint density at radius 1 is 0.875 bits per heavy atom. The number of rotatable bonds is 0. The summed E-state index contributed by atoms with van der Waals surface area (Å²) in [6, 6.07) is 0. The molecule has 0 aromatic rings. The van der Waals surface area contributed by atoms with Crippen LogP contribution >= 0.6 is 0 Å². The largest absolute Gasteiger partial charge is 0 e. The second-order valence-electron chi connectivity index (χ2n) is 0.600. The summed E-state index contributed by atoms with van der Waals surface area (Å²) < 4.78 is 29.5. The van der Waals surface area contributed by atoms with Gasteiger partial charge in [-0.3, -0.25) is 0 Å². The molecule has 0 unspecified atom stereocenters. The molecule has 0 bridgehead atoms. The molecule has 0 amide bonds. The van der Waals surface area contributed by atoms with Crippen LogP contribution < -0.4 is 0 Å². The van der Waals surface area contributed by atoms with E-state index in [2.05, 4.69) is 0 Å². The van der Waals surface area contributed by atoms with Crippen LogP contribution in [0.4, 0.5) is 0 Å². The average Bonchev–Trinajstić information content (AvgIpc) is 0.722. The molecule has 0 aliphatic heterocycles. The summed E-state index contributed by atoms with van der Waals surface area (Å²) in [5, 5.41) is 0. The van der Waals surface area contributed by atoms with Crippen LogP contribution in [0.5, 0.6) is 0 Å². The predicted octanol–water partition coefficient (Wildman–Crippen LogP) is -4.07. The maximum atomic E-state index is 7.38. The van der Waals surface area contributed by atoms with Gasteiger partial charge in [0.25, 0.3) is 0 Å². The van der Waals surface area contributed by atoms with E-state index in [0.717, 1.165) is 0 Å². The monoisotopic (exact) mass is 458 g/mol. The van der Waals surface area contributed by atoms with Gasteiger partial charge in [-0.15, -0.1) is 0 Å². The van der Waals surface area contributed by atoms with Gasteiger partial charge in [0.2, 0.25) is 0 Å². The molecule has 0 aromatic carbocycles. The van der Waals surface area contributed by atoms with Gasteiger partial charge in [-0.2, -0.15) is 0 Å². The number of hydrogen-bond donors (Lipinski definition) is 4. The molecular formula is H8CaO4PbTiZr. The third-order valence-corrected chi connectivity index (χ3v) is 0. The first-order valence-electron chi connectivity index (χ1n) is 0.894. The molecule has 8 heavy (non-hydrogen) atoms. The third-order valence-electron chi connectivity index (χ3n) is 0. The molecule has 0 atom stereocenters. The van der Waals surface area contributed by atoms with Crippen molar-refractivity contribution in [3.8, 4) is 0 Å². The Bertz CT molecular complexity index is 31.5. The van der Waals surface area contributed by atoms with Crippen LogP contribution in [0.15, 0.2) is 0 Å². The van der Waals surface area contributed by atoms with Gasteiger partial charge in [-0.25, -0.2) is 0 Å². The third kappa shape index (κ3) is 54.6. The molecule has 46 valence electrons. The number of hydrogen-bond acceptors (Lipinski definition) is 4. The normalized spacial score (nSPS) is 7.50. The Kier molecular flexibility index (Phi) is 30.0. The Hall–Kier alpha value is 3.62. The van der Waals surface area contributed by atoms with Gasteiger partial charge < -0.3 is 0 Å². The first-order valence-corrected chi connectivity index (χ1v) is 3.69. The fourth-order valence-electron chi connectivity index (χ4n) is 0. The molecule has 0 rings (SSSR count). The summed E-state index contributed by atoms with van der Waals surface area (Å²) in [6.07, 6.45) is 0. The smallest absolute Gasteiger partial charge is 0 e. The molecule has 4 N–H and O–H groups in total. The average molecular weight is 458 g/mol. The summed E-state index contributed by atoms with van der Waals surface area (Å²) in [4.78, 5) is 0. The summed E-state index contributed by atoms with van der Waals surface area (Å²) in [5.74, 6) is 0. The van der Waals surface area contributed by atoms with Crippen molar-refractivity contribution in [3.63, 3.8) is 0 Å². The fourth-order valence-corrected chi connectivity index (χ4v) is 0. The van der Waals surface area contributed by atoms with Gasteiger partial charge in [0.15, 0.2) is 0 Å². The zero-order chi connectivity index (χ0) is 4.50. The van der Waals surface area contributed by atoms with E-state index in [1.54, 1.807) is 0 Å². The van der Waals surface area contributed by atoms with Crippen LogP contribution in [0.1, 0.15) is 0 Å². The molecule has 0 saturated carbocycles. The van der Waals surface area contributed by atoms with Crippen molar-refractivity contribution in [1.29, 1.82) is 0 Å². The molecule has 0 spiro atoms. The summed E-state index contributed by atoms with van der Waals surface area (Å²) in [6.45, 7) is 0. The van der Waals surface area contributed by atoms with Crippen molar-refractivity contribution in [2.45, 2.75) is 0 Å². The summed E-state index contributed by atoms with van der Waals surface area (Å²) in [5.41, 5.74) is 0. The van der Waals surface area contributed by atoms with Crippen molar-refractivity contribution in [3.05, 3.63) is 0 Å². The Balaban J connectivity index is -0.0000000267.